The van der Waals surface area contributed by atoms with Gasteiger partial charge < -0.3 is 0 Å². The Bertz CT molecular complexity index is 1110. The van der Waals surface area contributed by atoms with Crippen LogP contribution in [0.25, 0.3) is 0 Å². The summed E-state index contributed by atoms with van der Waals surface area (Å²) in [5.41, 5.74) is -0.246. The second-order valence-electron chi connectivity index (χ2n) is 6.08. The Balaban J connectivity index is 1.88. The van der Waals surface area contributed by atoms with Crippen molar-refractivity contribution in [1.82, 2.24) is 0 Å². The molecule has 0 unspecified atom stereocenters. The lowest BCUT2D eigenvalue weighted by Crippen LogP contribution is -2.05. The molecule has 0 saturated carbocycles. The van der Waals surface area contributed by atoms with E-state index >= 15 is 0 Å². The normalized spacial score (nSPS) is 10.5. The predicted molar refractivity (Wildman–Crippen MR) is 110 cm³/mol. The summed E-state index contributed by atoms with van der Waals surface area (Å²) in [6.07, 6.45) is 0. The highest BCUT2D eigenvalue weighted by atomic mass is 35.5. The Kier molecular flexibility index (Phi) is 5.91. The molecule has 3 aromatic carbocycles. The lowest BCUT2D eigenvalue weighted by atomic mass is 9.98. The van der Waals surface area contributed by atoms with Gasteiger partial charge in [-0.2, -0.15) is 0 Å². The maximum absolute atomic E-state index is 12.6. The predicted octanol–water partition coefficient (Wildman–Crippen LogP) is 5.27. The third kappa shape index (κ3) is 4.19. The van der Waals surface area contributed by atoms with Crippen molar-refractivity contribution in [3.8, 4) is 0 Å². The van der Waals surface area contributed by atoms with E-state index in [1.165, 1.54) is 48.5 Å². The zero-order valence-corrected chi connectivity index (χ0v) is 16.4. The zero-order chi connectivity index (χ0) is 22.0. The molecule has 3 rings (SSSR count). The van der Waals surface area contributed by atoms with Crippen molar-refractivity contribution < 1.29 is 19.4 Å². The number of nitro benzene ring substituents is 2. The van der Waals surface area contributed by atoms with Crippen LogP contribution in [0.2, 0.25) is 10.0 Å². The number of benzene rings is 3. The van der Waals surface area contributed by atoms with Gasteiger partial charge in [0.1, 0.15) is 10.0 Å². The van der Waals surface area contributed by atoms with E-state index in [-0.39, 0.29) is 32.3 Å². The first-order valence-electron chi connectivity index (χ1n) is 8.26. The van der Waals surface area contributed by atoms with E-state index in [2.05, 4.69) is 0 Å². The minimum atomic E-state index is -0.688. The number of ketones is 2. The van der Waals surface area contributed by atoms with Crippen molar-refractivity contribution in [2.24, 2.45) is 0 Å². The van der Waals surface area contributed by atoms with Gasteiger partial charge in [0.05, 0.1) is 9.85 Å². The van der Waals surface area contributed by atoms with Crippen LogP contribution in [0.1, 0.15) is 31.8 Å². The monoisotopic (exact) mass is 444 g/mol. The van der Waals surface area contributed by atoms with Gasteiger partial charge in [0, 0.05) is 34.4 Å². The first-order valence-corrected chi connectivity index (χ1v) is 9.02. The number of halogens is 2. The van der Waals surface area contributed by atoms with Gasteiger partial charge in [0.25, 0.3) is 11.4 Å². The molecule has 0 fully saturated rings. The van der Waals surface area contributed by atoms with E-state index in [1.54, 1.807) is 0 Å². The van der Waals surface area contributed by atoms with Crippen LogP contribution in [0.15, 0.2) is 60.7 Å². The average molecular weight is 445 g/mol. The Morgan fingerprint density at radius 1 is 0.600 bits per heavy atom. The summed E-state index contributed by atoms with van der Waals surface area (Å²) in [7, 11) is 0. The Morgan fingerprint density at radius 2 is 0.900 bits per heavy atom. The molecule has 0 heterocycles. The van der Waals surface area contributed by atoms with Crippen LogP contribution in [-0.2, 0) is 0 Å². The molecule has 0 aliphatic rings. The second-order valence-corrected chi connectivity index (χ2v) is 6.90. The summed E-state index contributed by atoms with van der Waals surface area (Å²) in [6, 6.07) is 13.0. The van der Waals surface area contributed by atoms with Gasteiger partial charge in [0.15, 0.2) is 11.6 Å². The highest BCUT2D eigenvalue weighted by molar-refractivity contribution is 6.33. The molecule has 0 aromatic heterocycles. The lowest BCUT2D eigenvalue weighted by molar-refractivity contribution is -0.384. The largest absolute Gasteiger partial charge is 0.289 e. The van der Waals surface area contributed by atoms with Crippen LogP contribution in [0.4, 0.5) is 11.4 Å². The minimum Gasteiger partial charge on any atom is -0.289 e. The van der Waals surface area contributed by atoms with E-state index in [0.717, 1.165) is 12.1 Å². The number of nitrogens with zero attached hydrogens (tertiary/aromatic N) is 2. The highest BCUT2D eigenvalue weighted by Crippen LogP contribution is 2.28. The summed E-state index contributed by atoms with van der Waals surface area (Å²) in [5.74, 6) is -0.980. The first kappa shape index (κ1) is 21.1. The number of nitro groups is 2. The van der Waals surface area contributed by atoms with E-state index < -0.39 is 32.8 Å². The molecule has 3 aromatic rings. The lowest BCUT2D eigenvalue weighted by Gasteiger charge is -2.05. The van der Waals surface area contributed by atoms with Gasteiger partial charge in [-0.25, -0.2) is 0 Å². The second kappa shape index (κ2) is 8.40. The number of carbonyl (C=O) groups is 2. The van der Waals surface area contributed by atoms with Gasteiger partial charge in [0.2, 0.25) is 0 Å². The SMILES string of the molecule is O=C(c1ccc(C(=O)c2ccc(Cl)c([N+](=O)[O-])c2)cc1)c1ccc(Cl)c([N+](=O)[O-])c1. The van der Waals surface area contributed by atoms with Crippen LogP contribution in [0.3, 0.4) is 0 Å². The smallest absolute Gasteiger partial charge is 0.288 e. The molecule has 150 valence electrons. The van der Waals surface area contributed by atoms with E-state index in [4.69, 9.17) is 23.2 Å². The van der Waals surface area contributed by atoms with Gasteiger partial charge in [-0.15, -0.1) is 0 Å². The molecule has 30 heavy (non-hydrogen) atoms. The third-order valence-electron chi connectivity index (χ3n) is 4.22. The van der Waals surface area contributed by atoms with Gasteiger partial charge in [-0.05, 0) is 24.3 Å². The molecular formula is C20H10Cl2N2O6. The van der Waals surface area contributed by atoms with Crippen LogP contribution < -0.4 is 0 Å². The molecule has 8 nitrogen and oxygen atoms in total. The Labute approximate surface area is 179 Å². The van der Waals surface area contributed by atoms with Crippen LogP contribution in [0.5, 0.6) is 0 Å². The summed E-state index contributed by atoms with van der Waals surface area (Å²) in [6.45, 7) is 0. The van der Waals surface area contributed by atoms with E-state index in [0.29, 0.717) is 0 Å². The molecule has 0 radical (unpaired) electrons. The van der Waals surface area contributed by atoms with E-state index in [9.17, 15) is 29.8 Å². The molecule has 0 amide bonds. The number of hydrogen-bond donors (Lipinski definition) is 0. The maximum Gasteiger partial charge on any atom is 0.288 e. The molecule has 0 saturated heterocycles. The summed E-state index contributed by atoms with van der Waals surface area (Å²) < 4.78 is 0. The van der Waals surface area contributed by atoms with Crippen LogP contribution >= 0.6 is 23.2 Å². The highest BCUT2D eigenvalue weighted by Gasteiger charge is 2.19. The molecular weight excluding hydrogens is 435 g/mol. The maximum atomic E-state index is 12.6. The first-order chi connectivity index (χ1) is 14.2. The zero-order valence-electron chi connectivity index (χ0n) is 14.9. The summed E-state index contributed by atoms with van der Waals surface area (Å²) in [4.78, 5) is 45.8. The molecule has 10 heteroatoms. The van der Waals surface area contributed by atoms with Gasteiger partial charge in [-0.3, -0.25) is 29.8 Å². The minimum absolute atomic E-state index is 0.0681. The quantitative estimate of drug-likeness (QED) is 0.290. The van der Waals surface area contributed by atoms with Crippen molar-refractivity contribution in [2.75, 3.05) is 0 Å². The standard InChI is InChI=1S/C20H10Cl2N2O6/c21-15-7-5-13(9-17(15)23(27)28)19(25)11-1-2-12(4-3-11)20(26)14-6-8-16(22)18(10-14)24(29)30/h1-10H. The fourth-order valence-electron chi connectivity index (χ4n) is 2.69. The number of rotatable bonds is 6. The molecule has 0 N–H and O–H groups in total. The van der Waals surface area contributed by atoms with Crippen molar-refractivity contribution in [1.29, 1.82) is 0 Å². The number of carbonyl (C=O) groups excluding carboxylic acids is 2. The van der Waals surface area contributed by atoms with Crippen molar-refractivity contribution in [2.45, 2.75) is 0 Å². The van der Waals surface area contributed by atoms with Gasteiger partial charge >= 0.3 is 0 Å². The Hall–Kier alpha value is -3.62. The molecule has 0 aliphatic heterocycles. The molecule has 0 atom stereocenters. The molecule has 0 spiro atoms. The third-order valence-corrected chi connectivity index (χ3v) is 4.86. The van der Waals surface area contributed by atoms with Crippen LogP contribution in [-0.4, -0.2) is 21.4 Å². The number of hydrogen-bond acceptors (Lipinski definition) is 6. The Morgan fingerprint density at radius 3 is 1.20 bits per heavy atom. The van der Waals surface area contributed by atoms with Crippen molar-refractivity contribution in [3.05, 3.63) is 113 Å². The summed E-state index contributed by atoms with van der Waals surface area (Å²) in [5, 5.41) is 21.8. The topological polar surface area (TPSA) is 120 Å². The van der Waals surface area contributed by atoms with Gasteiger partial charge in [-0.1, -0.05) is 47.5 Å². The van der Waals surface area contributed by atoms with Crippen LogP contribution in [0, 0.1) is 20.2 Å². The summed E-state index contributed by atoms with van der Waals surface area (Å²) >= 11 is 11.5. The van der Waals surface area contributed by atoms with Crippen molar-refractivity contribution in [3.63, 3.8) is 0 Å². The fraction of sp³-hybridized carbons (Fsp3) is 0. The van der Waals surface area contributed by atoms with Crippen molar-refractivity contribution >= 4 is 46.1 Å². The fourth-order valence-corrected chi connectivity index (χ4v) is 3.07. The molecule has 0 aliphatic carbocycles. The van der Waals surface area contributed by atoms with E-state index in [1.807, 2.05) is 0 Å². The average Bonchev–Trinajstić information content (AvgIpc) is 2.73. The molecule has 0 bridgehead atoms.